The quantitative estimate of drug-likeness (QED) is 0.526. The molecule has 10 heteroatoms. The van der Waals surface area contributed by atoms with E-state index < -0.39 is 35.1 Å². The van der Waals surface area contributed by atoms with Gasteiger partial charge in [0.2, 0.25) is 0 Å². The standard InChI is InChI=1S/C21H25NO8S/c1-27-15-10-19(29-3)16(20(11-15)30-4)7-8-31(25,26)13-14-5-6-18(28-2)17(9-14)22-12-21(23)24/h5-11,22H,12-13H2,1-4H3,(H,23,24)/b8-7+/i1D3,13D2. The zero-order valence-electron chi connectivity index (χ0n) is 22.0. The van der Waals surface area contributed by atoms with Crippen LogP contribution in [0, 0.1) is 0 Å². The van der Waals surface area contributed by atoms with E-state index in [1.807, 2.05) is 0 Å². The maximum Gasteiger partial charge on any atom is 0.322 e. The molecule has 0 unspecified atom stereocenters. The van der Waals surface area contributed by atoms with Crippen LogP contribution in [-0.2, 0) is 20.3 Å². The second kappa shape index (κ2) is 10.6. The average molecular weight is 457 g/mol. The second-order valence-electron chi connectivity index (χ2n) is 5.96. The molecule has 0 aliphatic carbocycles. The maximum atomic E-state index is 13.0. The number of ether oxygens (including phenoxy) is 4. The van der Waals surface area contributed by atoms with Gasteiger partial charge in [0.15, 0.2) is 9.84 Å². The Morgan fingerprint density at radius 1 is 1.10 bits per heavy atom. The summed E-state index contributed by atoms with van der Waals surface area (Å²) in [5.41, 5.74) is -3.02. The lowest BCUT2D eigenvalue weighted by Gasteiger charge is -2.13. The summed E-state index contributed by atoms with van der Waals surface area (Å²) in [6, 6.07) is 6.11. The summed E-state index contributed by atoms with van der Waals surface area (Å²) >= 11 is 0. The molecule has 2 rings (SSSR count). The molecule has 0 amide bonds. The van der Waals surface area contributed by atoms with Gasteiger partial charge in [-0.05, 0) is 23.8 Å². The molecule has 168 valence electrons. The number of hydrogen-bond donors (Lipinski definition) is 2. The number of carboxylic acids is 1. The van der Waals surface area contributed by atoms with Crippen molar-refractivity contribution in [2.75, 3.05) is 40.2 Å². The van der Waals surface area contributed by atoms with Crippen LogP contribution in [0.4, 0.5) is 5.69 Å². The highest BCUT2D eigenvalue weighted by Gasteiger charge is 2.15. The van der Waals surface area contributed by atoms with Crippen LogP contribution in [0.5, 0.6) is 23.0 Å². The molecular weight excluding hydrogens is 426 g/mol. The Kier molecular flexibility index (Phi) is 5.90. The third-order valence-corrected chi connectivity index (χ3v) is 4.95. The topological polar surface area (TPSA) is 120 Å². The van der Waals surface area contributed by atoms with Crippen LogP contribution in [0.3, 0.4) is 0 Å². The lowest BCUT2D eigenvalue weighted by Crippen LogP contribution is -2.13. The van der Waals surface area contributed by atoms with Gasteiger partial charge in [0.1, 0.15) is 29.5 Å². The highest BCUT2D eigenvalue weighted by Crippen LogP contribution is 2.35. The molecule has 0 aliphatic heterocycles. The summed E-state index contributed by atoms with van der Waals surface area (Å²) in [6.07, 6.45) is 1.05. The molecule has 0 bridgehead atoms. The molecule has 0 aliphatic rings. The molecule has 2 aromatic carbocycles. The minimum atomic E-state index is -4.63. The molecule has 0 spiro atoms. The van der Waals surface area contributed by atoms with Crippen molar-refractivity contribution in [3.05, 3.63) is 46.9 Å². The van der Waals surface area contributed by atoms with Gasteiger partial charge in [-0.3, -0.25) is 4.79 Å². The van der Waals surface area contributed by atoms with Gasteiger partial charge < -0.3 is 29.4 Å². The van der Waals surface area contributed by atoms with Gasteiger partial charge in [0.05, 0.1) is 49.4 Å². The number of anilines is 1. The fraction of sp³-hybridized carbons (Fsp3) is 0.286. The lowest BCUT2D eigenvalue weighted by atomic mass is 10.1. The van der Waals surface area contributed by atoms with Gasteiger partial charge in [0, 0.05) is 20.3 Å². The number of aliphatic carboxylic acids is 1. The predicted molar refractivity (Wildman–Crippen MR) is 117 cm³/mol. The Balaban J connectivity index is 2.49. The SMILES string of the molecule is [2H]C([2H])([2H])Oc1cc(OC)c(/C=C/S(=O)(=O)C([2H])([2H])c2ccc(OC)c(NCC(=O)O)c2)c(OC)c1. The third-order valence-electron chi connectivity index (χ3n) is 3.94. The van der Waals surface area contributed by atoms with Crippen LogP contribution in [0.15, 0.2) is 35.7 Å². The van der Waals surface area contributed by atoms with Crippen molar-refractivity contribution in [3.8, 4) is 23.0 Å². The predicted octanol–water partition coefficient (Wildman–Crippen LogP) is 2.80. The average Bonchev–Trinajstić information content (AvgIpc) is 2.79. The minimum Gasteiger partial charge on any atom is -0.496 e. The molecule has 31 heavy (non-hydrogen) atoms. The van der Waals surface area contributed by atoms with Crippen LogP contribution >= 0.6 is 0 Å². The first-order valence-corrected chi connectivity index (χ1v) is 10.2. The largest absolute Gasteiger partial charge is 0.496 e. The summed E-state index contributed by atoms with van der Waals surface area (Å²) in [4.78, 5) is 10.9. The summed E-state index contributed by atoms with van der Waals surface area (Å²) in [5.74, 6) is -1.06. The number of nitrogens with one attached hydrogen (secondary N) is 1. The number of carboxylic acid groups (broad SMARTS) is 1. The Morgan fingerprint density at radius 3 is 2.29 bits per heavy atom. The van der Waals surface area contributed by atoms with E-state index in [0.29, 0.717) is 5.41 Å². The number of carbonyl (C=O) groups is 1. The normalized spacial score (nSPS) is 14.5. The van der Waals surface area contributed by atoms with Crippen molar-refractivity contribution < 1.29 is 44.1 Å². The number of sulfone groups is 1. The van der Waals surface area contributed by atoms with Gasteiger partial charge in [-0.15, -0.1) is 0 Å². The number of benzene rings is 2. The number of hydrogen-bond acceptors (Lipinski definition) is 8. The van der Waals surface area contributed by atoms with Crippen LogP contribution in [-0.4, -0.2) is 54.4 Å². The van der Waals surface area contributed by atoms with Gasteiger partial charge in [-0.2, -0.15) is 0 Å². The molecular formula is C21H25NO8S. The molecule has 2 N–H and O–H groups in total. The van der Waals surface area contributed by atoms with E-state index >= 15 is 0 Å². The van der Waals surface area contributed by atoms with E-state index in [0.717, 1.165) is 12.1 Å². The first-order chi connectivity index (χ1) is 16.6. The summed E-state index contributed by atoms with van der Waals surface area (Å²) < 4.78 is 84.7. The van der Waals surface area contributed by atoms with E-state index in [4.69, 9.17) is 30.9 Å². The summed E-state index contributed by atoms with van der Waals surface area (Å²) in [6.45, 7) is -0.503. The lowest BCUT2D eigenvalue weighted by molar-refractivity contribution is -0.134. The smallest absolute Gasteiger partial charge is 0.322 e. The zero-order valence-corrected chi connectivity index (χ0v) is 17.8. The molecule has 0 radical (unpaired) electrons. The van der Waals surface area contributed by atoms with Gasteiger partial charge in [-0.1, -0.05) is 6.07 Å². The number of rotatable bonds is 11. The van der Waals surface area contributed by atoms with Crippen LogP contribution in [0.2, 0.25) is 0 Å². The monoisotopic (exact) mass is 456 g/mol. The summed E-state index contributed by atoms with van der Waals surface area (Å²) in [5, 5.41) is 12.1. The Bertz CT molecular complexity index is 1220. The fourth-order valence-electron chi connectivity index (χ4n) is 2.57. The Labute approximate surface area is 188 Å². The zero-order chi connectivity index (χ0) is 27.3. The summed E-state index contributed by atoms with van der Waals surface area (Å²) in [7, 11) is -3.52. The van der Waals surface area contributed by atoms with Crippen molar-refractivity contribution in [2.45, 2.75) is 5.70 Å². The first kappa shape index (κ1) is 17.3. The molecule has 0 atom stereocenters. The van der Waals surface area contributed by atoms with Crippen molar-refractivity contribution in [1.82, 2.24) is 0 Å². The van der Waals surface area contributed by atoms with Crippen LogP contribution < -0.4 is 24.3 Å². The van der Waals surface area contributed by atoms with E-state index in [-0.39, 0.29) is 39.8 Å². The Hall–Kier alpha value is -3.40. The fourth-order valence-corrected chi connectivity index (χ4v) is 3.41. The van der Waals surface area contributed by atoms with Crippen LogP contribution in [0.1, 0.15) is 18.0 Å². The van der Waals surface area contributed by atoms with E-state index in [1.54, 1.807) is 0 Å². The third kappa shape index (κ3) is 6.54. The molecule has 0 aromatic heterocycles. The molecule has 0 fully saturated rings. The second-order valence-corrected chi connectivity index (χ2v) is 7.52. The van der Waals surface area contributed by atoms with Gasteiger partial charge in [-0.25, -0.2) is 8.42 Å². The van der Waals surface area contributed by atoms with Gasteiger partial charge in [0.25, 0.3) is 0 Å². The van der Waals surface area contributed by atoms with E-state index in [9.17, 15) is 13.2 Å². The minimum absolute atomic E-state index is 0.0187. The first-order valence-electron chi connectivity index (χ1n) is 11.2. The van der Waals surface area contributed by atoms with Crippen molar-refractivity contribution in [2.24, 2.45) is 0 Å². The van der Waals surface area contributed by atoms with E-state index in [1.165, 1.54) is 45.6 Å². The van der Waals surface area contributed by atoms with E-state index in [2.05, 4.69) is 5.32 Å². The molecule has 9 nitrogen and oxygen atoms in total. The van der Waals surface area contributed by atoms with Gasteiger partial charge >= 0.3 is 5.97 Å². The van der Waals surface area contributed by atoms with Crippen molar-refractivity contribution >= 4 is 27.6 Å². The van der Waals surface area contributed by atoms with Crippen molar-refractivity contribution in [3.63, 3.8) is 0 Å². The molecule has 0 saturated heterocycles. The Morgan fingerprint density at radius 2 is 1.74 bits per heavy atom. The molecule has 2 aromatic rings. The maximum absolute atomic E-state index is 13.0. The number of methoxy groups -OCH3 is 4. The van der Waals surface area contributed by atoms with Crippen molar-refractivity contribution in [1.29, 1.82) is 0 Å². The molecule has 0 heterocycles. The highest BCUT2D eigenvalue weighted by molar-refractivity contribution is 7.93. The highest BCUT2D eigenvalue weighted by atomic mass is 32.2. The molecule has 0 saturated carbocycles. The van der Waals surface area contributed by atoms with Crippen LogP contribution in [0.25, 0.3) is 6.08 Å².